The van der Waals surface area contributed by atoms with Crippen LogP contribution in [-0.4, -0.2) is 30.6 Å². The topological polar surface area (TPSA) is 29.3 Å². The van der Waals surface area contributed by atoms with Crippen molar-refractivity contribution < 1.29 is 0 Å². The number of likely N-dealkylation sites (tertiary alicyclic amines) is 1. The Kier molecular flexibility index (Phi) is 4.02. The van der Waals surface area contributed by atoms with Crippen molar-refractivity contribution >= 4 is 0 Å². The Morgan fingerprint density at radius 1 is 1.33 bits per heavy atom. The predicted molar refractivity (Wildman–Crippen MR) is 53.1 cm³/mol. The molecule has 0 bridgehead atoms. The van der Waals surface area contributed by atoms with Crippen LogP contribution in [0.2, 0.25) is 0 Å². The summed E-state index contributed by atoms with van der Waals surface area (Å²) < 4.78 is 0. The van der Waals surface area contributed by atoms with Gasteiger partial charge in [0.15, 0.2) is 0 Å². The van der Waals surface area contributed by atoms with Gasteiger partial charge in [0.1, 0.15) is 0 Å². The SMILES string of the molecule is CCCC1CC(N)CN(CC)C1. The van der Waals surface area contributed by atoms with Crippen LogP contribution in [0.15, 0.2) is 0 Å². The maximum atomic E-state index is 5.98. The van der Waals surface area contributed by atoms with Crippen LogP contribution >= 0.6 is 0 Å². The van der Waals surface area contributed by atoms with Gasteiger partial charge in [-0.25, -0.2) is 0 Å². The highest BCUT2D eigenvalue weighted by Gasteiger charge is 2.22. The molecule has 0 amide bonds. The molecular weight excluding hydrogens is 148 g/mol. The maximum Gasteiger partial charge on any atom is 0.0170 e. The van der Waals surface area contributed by atoms with Gasteiger partial charge in [-0.2, -0.15) is 0 Å². The lowest BCUT2D eigenvalue weighted by molar-refractivity contribution is 0.157. The summed E-state index contributed by atoms with van der Waals surface area (Å²) in [4.78, 5) is 2.48. The van der Waals surface area contributed by atoms with E-state index in [1.54, 1.807) is 0 Å². The average molecular weight is 170 g/mol. The number of hydrogen-bond donors (Lipinski definition) is 1. The number of nitrogens with two attached hydrogens (primary N) is 1. The van der Waals surface area contributed by atoms with Crippen LogP contribution < -0.4 is 5.73 Å². The summed E-state index contributed by atoms with van der Waals surface area (Å²) in [5.74, 6) is 0.860. The van der Waals surface area contributed by atoms with Crippen molar-refractivity contribution in [3.63, 3.8) is 0 Å². The summed E-state index contributed by atoms with van der Waals surface area (Å²) in [6.45, 7) is 8.03. The molecule has 1 fully saturated rings. The van der Waals surface area contributed by atoms with Gasteiger partial charge in [-0.1, -0.05) is 20.3 Å². The van der Waals surface area contributed by atoms with Crippen molar-refractivity contribution in [1.82, 2.24) is 4.90 Å². The van der Waals surface area contributed by atoms with E-state index in [-0.39, 0.29) is 0 Å². The first-order chi connectivity index (χ1) is 5.76. The molecule has 0 spiro atoms. The second kappa shape index (κ2) is 4.83. The molecule has 1 aliphatic heterocycles. The molecule has 0 aromatic carbocycles. The zero-order chi connectivity index (χ0) is 8.97. The zero-order valence-corrected chi connectivity index (χ0v) is 8.42. The van der Waals surface area contributed by atoms with Gasteiger partial charge in [-0.05, 0) is 25.3 Å². The van der Waals surface area contributed by atoms with Crippen LogP contribution in [0.3, 0.4) is 0 Å². The molecule has 2 nitrogen and oxygen atoms in total. The van der Waals surface area contributed by atoms with Gasteiger partial charge in [-0.3, -0.25) is 0 Å². The van der Waals surface area contributed by atoms with Gasteiger partial charge < -0.3 is 10.6 Å². The first-order valence-corrected chi connectivity index (χ1v) is 5.24. The third-order valence-corrected chi connectivity index (χ3v) is 2.79. The number of rotatable bonds is 3. The normalized spacial score (nSPS) is 32.2. The van der Waals surface area contributed by atoms with Gasteiger partial charge in [0.05, 0.1) is 0 Å². The second-order valence-corrected chi connectivity index (χ2v) is 4.00. The fourth-order valence-corrected chi connectivity index (χ4v) is 2.22. The molecule has 2 N–H and O–H groups in total. The summed E-state index contributed by atoms with van der Waals surface area (Å²) in [5, 5.41) is 0. The summed E-state index contributed by atoms with van der Waals surface area (Å²) >= 11 is 0. The standard InChI is InChI=1S/C10H22N2/c1-3-5-9-6-10(11)8-12(4-2)7-9/h9-10H,3-8,11H2,1-2H3. The molecule has 0 radical (unpaired) electrons. The summed E-state index contributed by atoms with van der Waals surface area (Å²) in [6, 6.07) is 0.426. The molecule has 1 rings (SSSR count). The molecule has 1 aliphatic rings. The fraction of sp³-hybridized carbons (Fsp3) is 1.00. The van der Waals surface area contributed by atoms with E-state index in [4.69, 9.17) is 5.73 Å². The summed E-state index contributed by atoms with van der Waals surface area (Å²) in [5.41, 5.74) is 5.98. The molecule has 0 aromatic heterocycles. The van der Waals surface area contributed by atoms with Crippen molar-refractivity contribution in [1.29, 1.82) is 0 Å². The lowest BCUT2D eigenvalue weighted by Crippen LogP contribution is -2.46. The fourth-order valence-electron chi connectivity index (χ4n) is 2.22. The Morgan fingerprint density at radius 3 is 2.67 bits per heavy atom. The van der Waals surface area contributed by atoms with Crippen LogP contribution in [0.5, 0.6) is 0 Å². The Bertz CT molecular complexity index is 125. The monoisotopic (exact) mass is 170 g/mol. The van der Waals surface area contributed by atoms with Crippen molar-refractivity contribution in [2.75, 3.05) is 19.6 Å². The smallest absolute Gasteiger partial charge is 0.0170 e. The highest BCUT2D eigenvalue weighted by Crippen LogP contribution is 2.19. The predicted octanol–water partition coefficient (Wildman–Crippen LogP) is 1.46. The van der Waals surface area contributed by atoms with E-state index in [0.29, 0.717) is 6.04 Å². The van der Waals surface area contributed by atoms with Crippen LogP contribution in [0.4, 0.5) is 0 Å². The van der Waals surface area contributed by atoms with E-state index in [2.05, 4.69) is 18.7 Å². The van der Waals surface area contributed by atoms with E-state index >= 15 is 0 Å². The molecule has 0 aromatic rings. The highest BCUT2D eigenvalue weighted by molar-refractivity contribution is 4.80. The Morgan fingerprint density at radius 2 is 2.08 bits per heavy atom. The third-order valence-electron chi connectivity index (χ3n) is 2.79. The van der Waals surface area contributed by atoms with Crippen molar-refractivity contribution in [2.45, 2.75) is 39.2 Å². The van der Waals surface area contributed by atoms with Gasteiger partial charge >= 0.3 is 0 Å². The van der Waals surface area contributed by atoms with Gasteiger partial charge in [-0.15, -0.1) is 0 Å². The molecule has 0 aliphatic carbocycles. The lowest BCUT2D eigenvalue weighted by Gasteiger charge is -2.35. The third kappa shape index (κ3) is 2.76. The Balaban J connectivity index is 2.34. The quantitative estimate of drug-likeness (QED) is 0.694. The van der Waals surface area contributed by atoms with Crippen molar-refractivity contribution in [3.05, 3.63) is 0 Å². The average Bonchev–Trinajstić information content (AvgIpc) is 2.04. The first kappa shape index (κ1) is 10.0. The molecule has 2 heteroatoms. The van der Waals surface area contributed by atoms with E-state index in [1.807, 2.05) is 0 Å². The second-order valence-electron chi connectivity index (χ2n) is 4.00. The van der Waals surface area contributed by atoms with Crippen molar-refractivity contribution in [3.8, 4) is 0 Å². The van der Waals surface area contributed by atoms with Gasteiger partial charge in [0.25, 0.3) is 0 Å². The van der Waals surface area contributed by atoms with Crippen molar-refractivity contribution in [2.24, 2.45) is 11.7 Å². The minimum atomic E-state index is 0.426. The zero-order valence-electron chi connectivity index (χ0n) is 8.42. The van der Waals surface area contributed by atoms with Crippen LogP contribution in [0.1, 0.15) is 33.1 Å². The van der Waals surface area contributed by atoms with E-state index < -0.39 is 0 Å². The first-order valence-electron chi connectivity index (χ1n) is 5.24. The maximum absolute atomic E-state index is 5.98. The number of hydrogen-bond acceptors (Lipinski definition) is 2. The minimum Gasteiger partial charge on any atom is -0.327 e. The molecule has 2 unspecified atom stereocenters. The number of likely N-dealkylation sites (N-methyl/N-ethyl adjacent to an activating group) is 1. The van der Waals surface area contributed by atoms with Crippen LogP contribution in [0, 0.1) is 5.92 Å². The van der Waals surface area contributed by atoms with Crippen LogP contribution in [0.25, 0.3) is 0 Å². The summed E-state index contributed by atoms with van der Waals surface area (Å²) in [7, 11) is 0. The molecule has 2 atom stereocenters. The molecule has 12 heavy (non-hydrogen) atoms. The largest absolute Gasteiger partial charge is 0.327 e. The molecule has 1 saturated heterocycles. The molecule has 0 saturated carbocycles. The highest BCUT2D eigenvalue weighted by atomic mass is 15.1. The number of nitrogens with zero attached hydrogens (tertiary/aromatic N) is 1. The van der Waals surface area contributed by atoms with E-state index in [9.17, 15) is 0 Å². The minimum absolute atomic E-state index is 0.426. The van der Waals surface area contributed by atoms with Crippen LogP contribution in [-0.2, 0) is 0 Å². The summed E-state index contributed by atoms with van der Waals surface area (Å²) in [6.07, 6.45) is 3.89. The molecule has 1 heterocycles. The lowest BCUT2D eigenvalue weighted by atomic mass is 9.91. The molecule has 72 valence electrons. The van der Waals surface area contributed by atoms with E-state index in [0.717, 1.165) is 19.0 Å². The van der Waals surface area contributed by atoms with E-state index in [1.165, 1.54) is 25.8 Å². The van der Waals surface area contributed by atoms with Gasteiger partial charge in [0, 0.05) is 19.1 Å². The Hall–Kier alpha value is -0.0800. The Labute approximate surface area is 76.1 Å². The number of piperidine rings is 1. The molecular formula is C10H22N2. The van der Waals surface area contributed by atoms with Gasteiger partial charge in [0.2, 0.25) is 0 Å².